The fourth-order valence-corrected chi connectivity index (χ4v) is 2.76. The second kappa shape index (κ2) is 7.92. The molecule has 23 heavy (non-hydrogen) atoms. The average Bonchev–Trinajstić information content (AvgIpc) is 2.61. The fourth-order valence-electron chi connectivity index (χ4n) is 2.76. The zero-order chi connectivity index (χ0) is 15.9. The van der Waals surface area contributed by atoms with Crippen LogP contribution in [0, 0.1) is 0 Å². The van der Waals surface area contributed by atoms with Crippen molar-refractivity contribution in [2.24, 2.45) is 0 Å². The molecule has 0 spiro atoms. The van der Waals surface area contributed by atoms with Crippen molar-refractivity contribution in [2.75, 3.05) is 50.0 Å². The Balaban J connectivity index is 1.48. The van der Waals surface area contributed by atoms with E-state index in [4.69, 9.17) is 0 Å². The van der Waals surface area contributed by atoms with Gasteiger partial charge in [-0.05, 0) is 31.5 Å². The van der Waals surface area contributed by atoms with Crippen LogP contribution in [0.2, 0.25) is 0 Å². The van der Waals surface area contributed by atoms with Crippen LogP contribution in [0.5, 0.6) is 0 Å². The van der Waals surface area contributed by atoms with Crippen LogP contribution in [-0.2, 0) is 6.42 Å². The molecule has 1 aliphatic heterocycles. The lowest BCUT2D eigenvalue weighted by molar-refractivity contribution is 0.311. The molecule has 1 aliphatic rings. The summed E-state index contributed by atoms with van der Waals surface area (Å²) in [5.74, 6) is 1.76. The summed E-state index contributed by atoms with van der Waals surface area (Å²) in [5.41, 5.74) is 1.38. The first-order chi connectivity index (χ1) is 11.3. The maximum absolute atomic E-state index is 4.65. The number of nitrogens with one attached hydrogen (secondary N) is 1. The third-order valence-electron chi connectivity index (χ3n) is 4.22. The van der Waals surface area contributed by atoms with E-state index in [0.717, 1.165) is 57.3 Å². The van der Waals surface area contributed by atoms with Crippen molar-refractivity contribution in [2.45, 2.75) is 12.8 Å². The Morgan fingerprint density at radius 1 is 1.04 bits per heavy atom. The zero-order valence-corrected chi connectivity index (χ0v) is 13.8. The Hall–Kier alpha value is -2.14. The quantitative estimate of drug-likeness (QED) is 0.829. The summed E-state index contributed by atoms with van der Waals surface area (Å²) < 4.78 is 0. The number of benzene rings is 1. The summed E-state index contributed by atoms with van der Waals surface area (Å²) in [4.78, 5) is 13.7. The molecule has 1 N–H and O–H groups in total. The highest BCUT2D eigenvalue weighted by Crippen LogP contribution is 2.13. The highest BCUT2D eigenvalue weighted by molar-refractivity contribution is 5.41. The van der Waals surface area contributed by atoms with Crippen LogP contribution < -0.4 is 10.2 Å². The van der Waals surface area contributed by atoms with E-state index < -0.39 is 0 Å². The Morgan fingerprint density at radius 3 is 2.61 bits per heavy atom. The molecule has 0 amide bonds. The molecule has 0 saturated carbocycles. The number of anilines is 2. The largest absolute Gasteiger partial charge is 0.370 e. The molecule has 5 nitrogen and oxygen atoms in total. The van der Waals surface area contributed by atoms with Gasteiger partial charge in [0, 0.05) is 38.9 Å². The van der Waals surface area contributed by atoms with Crippen molar-refractivity contribution < 1.29 is 0 Å². The third-order valence-corrected chi connectivity index (χ3v) is 4.22. The van der Waals surface area contributed by atoms with E-state index in [1.807, 2.05) is 12.3 Å². The Bertz CT molecular complexity index is 593. The van der Waals surface area contributed by atoms with Gasteiger partial charge in [0.1, 0.15) is 5.82 Å². The molecule has 0 bridgehead atoms. The summed E-state index contributed by atoms with van der Waals surface area (Å²) in [6.45, 7) is 5.05. The Labute approximate surface area is 138 Å². The standard InChI is InChI=1S/C18H25N5/c1-22-12-14-23(15-13-22)18-20-11-9-17(21-18)19-10-5-8-16-6-3-2-4-7-16/h2-4,6-7,9,11H,5,8,10,12-15H2,1H3,(H,19,20,21). The van der Waals surface area contributed by atoms with Crippen molar-refractivity contribution in [1.29, 1.82) is 0 Å². The lowest BCUT2D eigenvalue weighted by atomic mass is 10.1. The van der Waals surface area contributed by atoms with E-state index in [1.165, 1.54) is 5.56 Å². The molecule has 2 heterocycles. The second-order valence-electron chi connectivity index (χ2n) is 6.05. The number of nitrogens with zero attached hydrogens (tertiary/aromatic N) is 4. The first-order valence-corrected chi connectivity index (χ1v) is 8.35. The van der Waals surface area contributed by atoms with Crippen LogP contribution >= 0.6 is 0 Å². The van der Waals surface area contributed by atoms with Gasteiger partial charge in [-0.3, -0.25) is 0 Å². The first kappa shape index (κ1) is 15.7. The highest BCUT2D eigenvalue weighted by Gasteiger charge is 2.16. The van der Waals surface area contributed by atoms with Crippen molar-refractivity contribution in [3.8, 4) is 0 Å². The molecule has 1 aromatic heterocycles. The molecule has 0 atom stereocenters. The summed E-state index contributed by atoms with van der Waals surface area (Å²) in [6.07, 6.45) is 4.03. The van der Waals surface area contributed by atoms with Gasteiger partial charge < -0.3 is 15.1 Å². The number of piperazine rings is 1. The molecule has 0 unspecified atom stereocenters. The van der Waals surface area contributed by atoms with Gasteiger partial charge in [-0.1, -0.05) is 30.3 Å². The van der Waals surface area contributed by atoms with Gasteiger partial charge in [0.05, 0.1) is 0 Å². The Kier molecular flexibility index (Phi) is 5.42. The number of hydrogen-bond acceptors (Lipinski definition) is 5. The minimum atomic E-state index is 0.839. The van der Waals surface area contributed by atoms with E-state index in [-0.39, 0.29) is 0 Å². The van der Waals surface area contributed by atoms with Crippen LogP contribution in [0.25, 0.3) is 0 Å². The molecule has 122 valence electrons. The van der Waals surface area contributed by atoms with E-state index >= 15 is 0 Å². The summed E-state index contributed by atoms with van der Waals surface area (Å²) >= 11 is 0. The lowest BCUT2D eigenvalue weighted by Gasteiger charge is -2.32. The van der Waals surface area contributed by atoms with Gasteiger partial charge >= 0.3 is 0 Å². The molecule has 0 aliphatic carbocycles. The topological polar surface area (TPSA) is 44.3 Å². The van der Waals surface area contributed by atoms with Gasteiger partial charge in [0.2, 0.25) is 5.95 Å². The SMILES string of the molecule is CN1CCN(c2nccc(NCCCc3ccccc3)n2)CC1. The molecule has 1 fully saturated rings. The van der Waals surface area contributed by atoms with Crippen LogP contribution in [0.3, 0.4) is 0 Å². The highest BCUT2D eigenvalue weighted by atomic mass is 15.3. The van der Waals surface area contributed by atoms with Gasteiger partial charge in [-0.2, -0.15) is 4.98 Å². The van der Waals surface area contributed by atoms with Crippen molar-refractivity contribution in [3.05, 3.63) is 48.2 Å². The summed E-state index contributed by atoms with van der Waals surface area (Å²) in [6, 6.07) is 12.5. The number of hydrogen-bond donors (Lipinski definition) is 1. The van der Waals surface area contributed by atoms with E-state index in [2.05, 4.69) is 62.5 Å². The van der Waals surface area contributed by atoms with Crippen molar-refractivity contribution >= 4 is 11.8 Å². The summed E-state index contributed by atoms with van der Waals surface area (Å²) in [5, 5.41) is 3.41. The van der Waals surface area contributed by atoms with Gasteiger partial charge in [-0.15, -0.1) is 0 Å². The smallest absolute Gasteiger partial charge is 0.227 e. The predicted molar refractivity (Wildman–Crippen MR) is 95.0 cm³/mol. The number of aryl methyl sites for hydroxylation is 1. The molecule has 0 radical (unpaired) electrons. The predicted octanol–water partition coefficient (Wildman–Crippen LogP) is 2.27. The third kappa shape index (κ3) is 4.66. The minimum absolute atomic E-state index is 0.839. The molecule has 1 aromatic carbocycles. The van der Waals surface area contributed by atoms with Crippen molar-refractivity contribution in [3.63, 3.8) is 0 Å². The van der Waals surface area contributed by atoms with Gasteiger partial charge in [-0.25, -0.2) is 4.98 Å². The van der Waals surface area contributed by atoms with Crippen LogP contribution in [0.15, 0.2) is 42.6 Å². The molecular formula is C18H25N5. The minimum Gasteiger partial charge on any atom is -0.370 e. The second-order valence-corrected chi connectivity index (χ2v) is 6.05. The van der Waals surface area contributed by atoms with E-state index in [1.54, 1.807) is 0 Å². The average molecular weight is 311 g/mol. The molecule has 3 rings (SSSR count). The number of aromatic nitrogens is 2. The first-order valence-electron chi connectivity index (χ1n) is 8.35. The molecular weight excluding hydrogens is 286 g/mol. The maximum Gasteiger partial charge on any atom is 0.227 e. The fraction of sp³-hybridized carbons (Fsp3) is 0.444. The summed E-state index contributed by atoms with van der Waals surface area (Å²) in [7, 11) is 2.16. The monoisotopic (exact) mass is 311 g/mol. The van der Waals surface area contributed by atoms with Gasteiger partial charge in [0.15, 0.2) is 0 Å². The maximum atomic E-state index is 4.65. The van der Waals surface area contributed by atoms with E-state index in [9.17, 15) is 0 Å². The normalized spacial score (nSPS) is 15.6. The molecule has 5 heteroatoms. The van der Waals surface area contributed by atoms with E-state index in [0.29, 0.717) is 0 Å². The van der Waals surface area contributed by atoms with Gasteiger partial charge in [0.25, 0.3) is 0 Å². The van der Waals surface area contributed by atoms with Crippen LogP contribution in [0.4, 0.5) is 11.8 Å². The number of rotatable bonds is 6. The number of likely N-dealkylation sites (N-methyl/N-ethyl adjacent to an activating group) is 1. The molecule has 2 aromatic rings. The van der Waals surface area contributed by atoms with Crippen LogP contribution in [-0.4, -0.2) is 54.6 Å². The van der Waals surface area contributed by atoms with Crippen molar-refractivity contribution in [1.82, 2.24) is 14.9 Å². The van der Waals surface area contributed by atoms with Crippen LogP contribution in [0.1, 0.15) is 12.0 Å². The zero-order valence-electron chi connectivity index (χ0n) is 13.8. The lowest BCUT2D eigenvalue weighted by Crippen LogP contribution is -2.45. The Morgan fingerprint density at radius 2 is 1.83 bits per heavy atom. The molecule has 1 saturated heterocycles.